The molecule has 0 bridgehead atoms. The summed E-state index contributed by atoms with van der Waals surface area (Å²) >= 11 is 0. The molecule has 92 valence electrons. The molecule has 0 amide bonds. The lowest BCUT2D eigenvalue weighted by Crippen LogP contribution is -1.94. The molecule has 0 fully saturated rings. The number of benzene rings is 2. The Kier molecular flexibility index (Phi) is 4.11. The number of nitrogens with zero attached hydrogens (tertiary/aromatic N) is 3. The van der Waals surface area contributed by atoms with Crippen LogP contribution in [0.4, 0.5) is 5.69 Å². The average Bonchev–Trinajstić information content (AvgIpc) is 2.47. The molecule has 0 saturated heterocycles. The predicted molar refractivity (Wildman–Crippen MR) is 75.1 cm³/mol. The van der Waals surface area contributed by atoms with Gasteiger partial charge in [-0.1, -0.05) is 65.8 Å². The second-order valence-corrected chi connectivity index (χ2v) is 3.81. The number of ketones is 1. The molecule has 0 saturated carbocycles. The zero-order chi connectivity index (χ0) is 13.5. The molecule has 0 N–H and O–H groups in total. The number of carbonyl (C=O) groups excluding carboxylic acids is 1. The van der Waals surface area contributed by atoms with Crippen molar-refractivity contribution >= 4 is 17.5 Å². The molecular formula is C15H11N3O. The molecule has 4 heteroatoms. The van der Waals surface area contributed by atoms with Crippen molar-refractivity contribution in [2.75, 3.05) is 0 Å². The highest BCUT2D eigenvalue weighted by Crippen LogP contribution is 2.20. The van der Waals surface area contributed by atoms with Gasteiger partial charge in [-0.25, -0.2) is 0 Å². The Labute approximate surface area is 110 Å². The maximum Gasteiger partial charge on any atom is 0.186 e. The van der Waals surface area contributed by atoms with E-state index in [1.165, 1.54) is 6.08 Å². The lowest BCUT2D eigenvalue weighted by atomic mass is 10.1. The van der Waals surface area contributed by atoms with E-state index in [0.717, 1.165) is 5.56 Å². The standard InChI is InChI=1S/C15H11N3O/c16-18-17-14-9-5-4-8-13(14)15(19)11-10-12-6-2-1-3-7-12/h1-11H/b11-10+. The second-order valence-electron chi connectivity index (χ2n) is 3.81. The highest BCUT2D eigenvalue weighted by Gasteiger charge is 2.06. The van der Waals surface area contributed by atoms with Gasteiger partial charge in [-0.2, -0.15) is 0 Å². The van der Waals surface area contributed by atoms with E-state index in [-0.39, 0.29) is 5.78 Å². The maximum absolute atomic E-state index is 12.0. The lowest BCUT2D eigenvalue weighted by Gasteiger charge is -1.99. The van der Waals surface area contributed by atoms with Crippen molar-refractivity contribution in [1.29, 1.82) is 0 Å². The number of rotatable bonds is 4. The average molecular weight is 249 g/mol. The van der Waals surface area contributed by atoms with Crippen LogP contribution in [0.5, 0.6) is 0 Å². The summed E-state index contributed by atoms with van der Waals surface area (Å²) in [5.41, 5.74) is 10.1. The fourth-order valence-electron chi connectivity index (χ4n) is 1.64. The van der Waals surface area contributed by atoms with Crippen LogP contribution < -0.4 is 0 Å². The molecule has 0 atom stereocenters. The van der Waals surface area contributed by atoms with Gasteiger partial charge in [-0.15, -0.1) is 0 Å². The first kappa shape index (κ1) is 12.6. The molecule has 0 aliphatic heterocycles. The molecule has 0 radical (unpaired) electrons. The molecule has 0 aliphatic rings. The second kappa shape index (κ2) is 6.19. The van der Waals surface area contributed by atoms with Crippen molar-refractivity contribution < 1.29 is 4.79 Å². The summed E-state index contributed by atoms with van der Waals surface area (Å²) in [4.78, 5) is 14.8. The number of hydrogen-bond acceptors (Lipinski definition) is 2. The van der Waals surface area contributed by atoms with Crippen molar-refractivity contribution in [3.8, 4) is 0 Å². The van der Waals surface area contributed by atoms with Crippen LogP contribution in [0, 0.1) is 0 Å². The van der Waals surface area contributed by atoms with Gasteiger partial charge in [0.1, 0.15) is 0 Å². The summed E-state index contributed by atoms with van der Waals surface area (Å²) in [7, 11) is 0. The Morgan fingerprint density at radius 3 is 2.47 bits per heavy atom. The quantitative estimate of drug-likeness (QED) is 0.258. The number of carbonyl (C=O) groups is 1. The fourth-order valence-corrected chi connectivity index (χ4v) is 1.64. The smallest absolute Gasteiger partial charge is 0.186 e. The Morgan fingerprint density at radius 2 is 1.74 bits per heavy atom. The van der Waals surface area contributed by atoms with Crippen LogP contribution in [0.3, 0.4) is 0 Å². The van der Waals surface area contributed by atoms with Crippen LogP contribution >= 0.6 is 0 Å². The number of allylic oxidation sites excluding steroid dienone is 1. The fraction of sp³-hybridized carbons (Fsp3) is 0. The van der Waals surface area contributed by atoms with Crippen LogP contribution in [-0.4, -0.2) is 5.78 Å². The monoisotopic (exact) mass is 249 g/mol. The first-order chi connectivity index (χ1) is 9.31. The summed E-state index contributed by atoms with van der Waals surface area (Å²) in [5.74, 6) is -0.188. The molecule has 0 unspecified atom stereocenters. The molecule has 4 nitrogen and oxygen atoms in total. The molecule has 2 rings (SSSR count). The van der Waals surface area contributed by atoms with E-state index in [0.29, 0.717) is 11.3 Å². The van der Waals surface area contributed by atoms with Crippen LogP contribution in [0.1, 0.15) is 15.9 Å². The topological polar surface area (TPSA) is 65.8 Å². The van der Waals surface area contributed by atoms with Gasteiger partial charge < -0.3 is 0 Å². The van der Waals surface area contributed by atoms with Gasteiger partial charge in [0, 0.05) is 16.2 Å². The number of hydrogen-bond donors (Lipinski definition) is 0. The molecule has 0 spiro atoms. The van der Waals surface area contributed by atoms with Crippen LogP contribution in [-0.2, 0) is 0 Å². The zero-order valence-electron chi connectivity index (χ0n) is 10.1. The van der Waals surface area contributed by atoms with Gasteiger partial charge in [-0.3, -0.25) is 4.79 Å². The highest BCUT2D eigenvalue weighted by molar-refractivity contribution is 6.09. The molecule has 2 aromatic rings. The van der Waals surface area contributed by atoms with E-state index in [1.807, 2.05) is 30.3 Å². The normalized spacial score (nSPS) is 10.1. The minimum Gasteiger partial charge on any atom is -0.289 e. The van der Waals surface area contributed by atoms with E-state index >= 15 is 0 Å². The maximum atomic E-state index is 12.0. The van der Waals surface area contributed by atoms with Crippen LogP contribution in [0.25, 0.3) is 16.5 Å². The van der Waals surface area contributed by atoms with Crippen LogP contribution in [0.15, 0.2) is 65.8 Å². The first-order valence-electron chi connectivity index (χ1n) is 5.73. The third-order valence-electron chi connectivity index (χ3n) is 2.55. The third-order valence-corrected chi connectivity index (χ3v) is 2.55. The molecular weight excluding hydrogens is 238 g/mol. The van der Waals surface area contributed by atoms with E-state index < -0.39 is 0 Å². The zero-order valence-corrected chi connectivity index (χ0v) is 10.1. The Bertz CT molecular complexity index is 656. The van der Waals surface area contributed by atoms with E-state index in [9.17, 15) is 4.79 Å². The lowest BCUT2D eigenvalue weighted by molar-refractivity contribution is 0.104. The van der Waals surface area contributed by atoms with Crippen LogP contribution in [0.2, 0.25) is 0 Å². The molecule has 19 heavy (non-hydrogen) atoms. The van der Waals surface area contributed by atoms with Gasteiger partial charge >= 0.3 is 0 Å². The largest absolute Gasteiger partial charge is 0.289 e. The number of azide groups is 1. The molecule has 0 heterocycles. The van der Waals surface area contributed by atoms with Crippen molar-refractivity contribution in [2.24, 2.45) is 5.11 Å². The first-order valence-corrected chi connectivity index (χ1v) is 5.73. The van der Waals surface area contributed by atoms with Gasteiger partial charge in [0.25, 0.3) is 0 Å². The molecule has 2 aromatic carbocycles. The predicted octanol–water partition coefficient (Wildman–Crippen LogP) is 4.52. The SMILES string of the molecule is [N-]=[N+]=Nc1ccccc1C(=O)/C=C/c1ccccc1. The summed E-state index contributed by atoms with van der Waals surface area (Å²) < 4.78 is 0. The van der Waals surface area contributed by atoms with Crippen molar-refractivity contribution in [2.45, 2.75) is 0 Å². The Morgan fingerprint density at radius 1 is 1.05 bits per heavy atom. The van der Waals surface area contributed by atoms with Gasteiger partial charge in [0.05, 0.1) is 0 Å². The summed E-state index contributed by atoms with van der Waals surface area (Å²) in [6.45, 7) is 0. The summed E-state index contributed by atoms with van der Waals surface area (Å²) in [5, 5.41) is 3.51. The third kappa shape index (κ3) is 3.31. The van der Waals surface area contributed by atoms with E-state index in [4.69, 9.17) is 5.53 Å². The van der Waals surface area contributed by atoms with Gasteiger partial charge in [-0.05, 0) is 17.2 Å². The minimum absolute atomic E-state index is 0.188. The van der Waals surface area contributed by atoms with Gasteiger partial charge in [0.2, 0.25) is 0 Å². The summed E-state index contributed by atoms with van der Waals surface area (Å²) in [6, 6.07) is 16.2. The minimum atomic E-state index is -0.188. The van der Waals surface area contributed by atoms with Gasteiger partial charge in [0.15, 0.2) is 5.78 Å². The van der Waals surface area contributed by atoms with E-state index in [1.54, 1.807) is 30.3 Å². The highest BCUT2D eigenvalue weighted by atomic mass is 16.1. The molecule has 0 aliphatic carbocycles. The van der Waals surface area contributed by atoms with Crippen molar-refractivity contribution in [3.05, 3.63) is 82.2 Å². The Hall–Kier alpha value is -2.84. The Balaban J connectivity index is 2.26. The van der Waals surface area contributed by atoms with E-state index in [2.05, 4.69) is 10.0 Å². The van der Waals surface area contributed by atoms with Crippen molar-refractivity contribution in [3.63, 3.8) is 0 Å². The summed E-state index contributed by atoms with van der Waals surface area (Å²) in [6.07, 6.45) is 3.20. The van der Waals surface area contributed by atoms with Crippen molar-refractivity contribution in [1.82, 2.24) is 0 Å². The molecule has 0 aromatic heterocycles.